The fourth-order valence-electron chi connectivity index (χ4n) is 3.52. The lowest BCUT2D eigenvalue weighted by atomic mass is 10.1. The van der Waals surface area contributed by atoms with E-state index in [4.69, 9.17) is 4.74 Å². The van der Waals surface area contributed by atoms with Crippen molar-refractivity contribution < 1.29 is 14.3 Å². The van der Waals surface area contributed by atoms with Gasteiger partial charge in [0.15, 0.2) is 6.61 Å². The highest BCUT2D eigenvalue weighted by molar-refractivity contribution is 6.01. The van der Waals surface area contributed by atoms with E-state index >= 15 is 0 Å². The average Bonchev–Trinajstić information content (AvgIpc) is 2.81. The van der Waals surface area contributed by atoms with Gasteiger partial charge in [-0.05, 0) is 31.0 Å². The first-order valence-corrected chi connectivity index (χ1v) is 8.91. The van der Waals surface area contributed by atoms with Crippen LogP contribution in [0.4, 0.5) is 5.69 Å². The number of amides is 2. The molecule has 1 unspecified atom stereocenters. The Kier molecular flexibility index (Phi) is 4.21. The van der Waals surface area contributed by atoms with Crippen LogP contribution in [0.1, 0.15) is 29.0 Å². The van der Waals surface area contributed by atoms with Gasteiger partial charge in [-0.1, -0.05) is 0 Å². The summed E-state index contributed by atoms with van der Waals surface area (Å²) in [6.45, 7) is 0.535. The first kappa shape index (κ1) is 17.3. The third kappa shape index (κ3) is 3.09. The third-order valence-corrected chi connectivity index (χ3v) is 5.15. The summed E-state index contributed by atoms with van der Waals surface area (Å²) in [5.41, 5.74) is 0.930. The predicted octanol–water partition coefficient (Wildman–Crippen LogP) is 0.0719. The number of hydrogen-bond donors (Lipinski definition) is 1. The highest BCUT2D eigenvalue weighted by atomic mass is 16.5. The molecular formula is C18H21N5O4. The second kappa shape index (κ2) is 6.57. The van der Waals surface area contributed by atoms with E-state index in [1.54, 1.807) is 36.9 Å². The second-order valence-electron chi connectivity index (χ2n) is 6.90. The van der Waals surface area contributed by atoms with Crippen LogP contribution < -0.4 is 20.6 Å². The molecule has 3 heterocycles. The van der Waals surface area contributed by atoms with Crippen molar-refractivity contribution in [1.29, 1.82) is 0 Å². The summed E-state index contributed by atoms with van der Waals surface area (Å²) in [7, 11) is 3.31. The summed E-state index contributed by atoms with van der Waals surface area (Å²) < 4.78 is 8.41. The van der Waals surface area contributed by atoms with E-state index < -0.39 is 0 Å². The van der Waals surface area contributed by atoms with Gasteiger partial charge in [-0.3, -0.25) is 14.2 Å². The number of nitrogens with zero attached hydrogens (tertiary/aromatic N) is 4. The molecule has 0 saturated heterocycles. The van der Waals surface area contributed by atoms with Crippen LogP contribution >= 0.6 is 0 Å². The summed E-state index contributed by atoms with van der Waals surface area (Å²) in [6, 6.07) is 5.02. The van der Waals surface area contributed by atoms with E-state index in [9.17, 15) is 14.4 Å². The van der Waals surface area contributed by atoms with Crippen LogP contribution in [0.2, 0.25) is 0 Å². The van der Waals surface area contributed by atoms with Crippen molar-refractivity contribution in [2.75, 3.05) is 18.6 Å². The maximum Gasteiger partial charge on any atom is 0.345 e. The minimum absolute atomic E-state index is 0.00537. The third-order valence-electron chi connectivity index (χ3n) is 5.15. The zero-order valence-electron chi connectivity index (χ0n) is 15.3. The zero-order valence-corrected chi connectivity index (χ0v) is 15.3. The van der Waals surface area contributed by atoms with Gasteiger partial charge in [-0.2, -0.15) is 5.10 Å². The fraction of sp³-hybridized carbons (Fsp3) is 0.444. The molecule has 0 bridgehead atoms. The van der Waals surface area contributed by atoms with Crippen molar-refractivity contribution in [3.05, 3.63) is 40.1 Å². The number of fused-ring (bicyclic) bond motifs is 2. The van der Waals surface area contributed by atoms with Crippen LogP contribution in [0.25, 0.3) is 0 Å². The maximum absolute atomic E-state index is 12.7. The molecule has 2 aliphatic heterocycles. The molecule has 142 valence electrons. The smallest absolute Gasteiger partial charge is 0.345 e. The Morgan fingerprint density at radius 3 is 2.89 bits per heavy atom. The van der Waals surface area contributed by atoms with Crippen molar-refractivity contribution in [1.82, 2.24) is 19.7 Å². The van der Waals surface area contributed by atoms with Crippen molar-refractivity contribution in [3.63, 3.8) is 0 Å². The molecule has 0 saturated carbocycles. The molecule has 0 aliphatic carbocycles. The summed E-state index contributed by atoms with van der Waals surface area (Å²) in [5.74, 6) is 0.983. The van der Waals surface area contributed by atoms with Crippen LogP contribution in [0.15, 0.2) is 23.0 Å². The van der Waals surface area contributed by atoms with Crippen molar-refractivity contribution in [2.24, 2.45) is 7.05 Å². The van der Waals surface area contributed by atoms with Gasteiger partial charge in [-0.25, -0.2) is 9.48 Å². The molecule has 1 atom stereocenters. The molecule has 2 aromatic rings. The van der Waals surface area contributed by atoms with E-state index in [1.165, 1.54) is 9.58 Å². The first-order chi connectivity index (χ1) is 12.9. The molecule has 27 heavy (non-hydrogen) atoms. The van der Waals surface area contributed by atoms with Crippen LogP contribution in [0, 0.1) is 0 Å². The molecule has 4 rings (SSSR count). The molecular weight excluding hydrogens is 350 g/mol. The molecule has 0 radical (unpaired) electrons. The van der Waals surface area contributed by atoms with Gasteiger partial charge in [0.05, 0.1) is 5.69 Å². The molecule has 1 aromatic heterocycles. The van der Waals surface area contributed by atoms with E-state index in [0.717, 1.165) is 5.82 Å². The summed E-state index contributed by atoms with van der Waals surface area (Å²) >= 11 is 0. The normalized spacial score (nSPS) is 19.0. The van der Waals surface area contributed by atoms with Crippen LogP contribution in [0.5, 0.6) is 5.75 Å². The number of aryl methyl sites for hydroxylation is 2. The molecule has 9 heteroatoms. The van der Waals surface area contributed by atoms with E-state index in [2.05, 4.69) is 10.4 Å². The number of hydrogen-bond acceptors (Lipinski definition) is 5. The Morgan fingerprint density at radius 1 is 1.26 bits per heavy atom. The summed E-state index contributed by atoms with van der Waals surface area (Å²) in [5, 5.41) is 7.28. The van der Waals surface area contributed by atoms with Crippen molar-refractivity contribution in [3.8, 4) is 5.75 Å². The van der Waals surface area contributed by atoms with E-state index in [1.807, 2.05) is 0 Å². The number of anilines is 1. The zero-order chi connectivity index (χ0) is 19.1. The minimum atomic E-state index is -0.207. The highest BCUT2D eigenvalue weighted by Crippen LogP contribution is 2.32. The van der Waals surface area contributed by atoms with E-state index in [0.29, 0.717) is 42.8 Å². The monoisotopic (exact) mass is 371 g/mol. The summed E-state index contributed by atoms with van der Waals surface area (Å²) in [6.07, 6.45) is 2.02. The topological polar surface area (TPSA) is 98.5 Å². The SMILES string of the molecule is CN1C(=O)COc2ccc(C(=O)NC3CCc4nn(C)c(=O)n4CC3)cc21. The number of carbonyl (C=O) groups is 2. The van der Waals surface area contributed by atoms with Gasteiger partial charge >= 0.3 is 5.69 Å². The molecule has 1 aromatic carbocycles. The van der Waals surface area contributed by atoms with Gasteiger partial charge < -0.3 is 15.0 Å². The lowest BCUT2D eigenvalue weighted by Gasteiger charge is -2.26. The number of benzene rings is 1. The summed E-state index contributed by atoms with van der Waals surface area (Å²) in [4.78, 5) is 38.0. The average molecular weight is 371 g/mol. The van der Waals surface area contributed by atoms with Crippen LogP contribution in [-0.2, 0) is 24.8 Å². The Bertz CT molecular complexity index is 977. The van der Waals surface area contributed by atoms with Gasteiger partial charge in [0, 0.05) is 38.7 Å². The first-order valence-electron chi connectivity index (χ1n) is 8.91. The largest absolute Gasteiger partial charge is 0.482 e. The molecule has 1 N–H and O–H groups in total. The van der Waals surface area contributed by atoms with Gasteiger partial charge in [-0.15, -0.1) is 0 Å². The fourth-order valence-corrected chi connectivity index (χ4v) is 3.52. The Labute approximate surface area is 155 Å². The quantitative estimate of drug-likeness (QED) is 0.806. The number of nitrogens with one attached hydrogen (secondary N) is 1. The van der Waals surface area contributed by atoms with E-state index in [-0.39, 0.29) is 30.2 Å². The van der Waals surface area contributed by atoms with Crippen molar-refractivity contribution >= 4 is 17.5 Å². The Balaban J connectivity index is 1.47. The minimum Gasteiger partial charge on any atom is -0.482 e. The highest BCUT2D eigenvalue weighted by Gasteiger charge is 2.25. The van der Waals surface area contributed by atoms with Gasteiger partial charge in [0.25, 0.3) is 11.8 Å². The lowest BCUT2D eigenvalue weighted by molar-refractivity contribution is -0.120. The van der Waals surface area contributed by atoms with Crippen LogP contribution in [0.3, 0.4) is 0 Å². The lowest BCUT2D eigenvalue weighted by Crippen LogP contribution is -2.37. The maximum atomic E-state index is 12.7. The van der Waals surface area contributed by atoms with Crippen molar-refractivity contribution in [2.45, 2.75) is 31.8 Å². The molecule has 2 amide bonds. The van der Waals surface area contributed by atoms with Crippen LogP contribution in [-0.4, -0.2) is 45.9 Å². The second-order valence-corrected chi connectivity index (χ2v) is 6.90. The predicted molar refractivity (Wildman–Crippen MR) is 97.0 cm³/mol. The standard InChI is InChI=1S/C18H21N5O4/c1-21-13-9-11(3-5-14(13)27-10-16(21)24)17(25)19-12-4-6-15-20-22(2)18(26)23(15)8-7-12/h3,5,9,12H,4,6-8,10H2,1-2H3,(H,19,25). The number of rotatable bonds is 2. The Hall–Kier alpha value is -3.10. The van der Waals surface area contributed by atoms with Gasteiger partial charge in [0.1, 0.15) is 11.6 Å². The van der Waals surface area contributed by atoms with Gasteiger partial charge in [0.2, 0.25) is 0 Å². The number of likely N-dealkylation sites (N-methyl/N-ethyl adjacent to an activating group) is 1. The molecule has 2 aliphatic rings. The molecule has 0 fully saturated rings. The number of carbonyl (C=O) groups excluding carboxylic acids is 2. The number of aromatic nitrogens is 3. The Morgan fingerprint density at radius 2 is 2.07 bits per heavy atom. The number of ether oxygens (including phenoxy) is 1. The molecule has 9 nitrogen and oxygen atoms in total. The molecule has 0 spiro atoms.